The summed E-state index contributed by atoms with van der Waals surface area (Å²) in [5.41, 5.74) is 2.45. The average Bonchev–Trinajstić information content (AvgIpc) is 3.14. The summed E-state index contributed by atoms with van der Waals surface area (Å²) in [6.07, 6.45) is 3.48. The first kappa shape index (κ1) is 17.1. The van der Waals surface area contributed by atoms with Crippen LogP contribution in [0.5, 0.6) is 0 Å². The maximum absolute atomic E-state index is 12.1. The first-order valence-corrected chi connectivity index (χ1v) is 8.55. The second-order valence-electron chi connectivity index (χ2n) is 6.34. The van der Waals surface area contributed by atoms with E-state index in [1.165, 1.54) is 11.1 Å². The molecule has 0 radical (unpaired) electrons. The molecule has 0 unspecified atom stereocenters. The molecular formula is C19H23N3O3. The SMILES string of the molecule is C[C@@H]1CC[C@H](NC(=O)NCC(=O)NCc2ccco2)c2ccccc21. The van der Waals surface area contributed by atoms with E-state index in [1.807, 2.05) is 12.1 Å². The summed E-state index contributed by atoms with van der Waals surface area (Å²) < 4.78 is 5.14. The molecule has 1 aromatic carbocycles. The lowest BCUT2D eigenvalue weighted by molar-refractivity contribution is -0.120. The number of amides is 3. The molecule has 0 aliphatic heterocycles. The third-order valence-corrected chi connectivity index (χ3v) is 4.55. The van der Waals surface area contributed by atoms with Crippen molar-refractivity contribution in [3.8, 4) is 0 Å². The van der Waals surface area contributed by atoms with Gasteiger partial charge < -0.3 is 20.4 Å². The van der Waals surface area contributed by atoms with Gasteiger partial charge in [-0.3, -0.25) is 4.79 Å². The Kier molecular flexibility index (Phi) is 5.38. The van der Waals surface area contributed by atoms with Crippen molar-refractivity contribution >= 4 is 11.9 Å². The topological polar surface area (TPSA) is 83.4 Å². The number of benzene rings is 1. The van der Waals surface area contributed by atoms with E-state index in [9.17, 15) is 9.59 Å². The van der Waals surface area contributed by atoms with Crippen LogP contribution in [0.4, 0.5) is 4.79 Å². The zero-order valence-electron chi connectivity index (χ0n) is 14.2. The first-order chi connectivity index (χ1) is 12.1. The lowest BCUT2D eigenvalue weighted by Crippen LogP contribution is -2.43. The lowest BCUT2D eigenvalue weighted by atomic mass is 9.81. The minimum absolute atomic E-state index is 0.0152. The molecule has 25 heavy (non-hydrogen) atoms. The molecule has 6 nitrogen and oxygen atoms in total. The highest BCUT2D eigenvalue weighted by Crippen LogP contribution is 2.36. The molecule has 0 fully saturated rings. The van der Waals surface area contributed by atoms with Gasteiger partial charge in [0.25, 0.3) is 0 Å². The van der Waals surface area contributed by atoms with Crippen LogP contribution in [-0.2, 0) is 11.3 Å². The molecule has 3 N–H and O–H groups in total. The molecule has 2 aromatic rings. The summed E-state index contributed by atoms with van der Waals surface area (Å²) in [4.78, 5) is 23.9. The van der Waals surface area contributed by atoms with Gasteiger partial charge in [-0.25, -0.2) is 4.79 Å². The third kappa shape index (κ3) is 4.41. The van der Waals surface area contributed by atoms with Crippen LogP contribution in [0.2, 0.25) is 0 Å². The van der Waals surface area contributed by atoms with Gasteiger partial charge in [0.05, 0.1) is 25.4 Å². The van der Waals surface area contributed by atoms with Crippen molar-refractivity contribution in [1.82, 2.24) is 16.0 Å². The summed E-state index contributed by atoms with van der Waals surface area (Å²) in [7, 11) is 0. The van der Waals surface area contributed by atoms with E-state index in [1.54, 1.807) is 18.4 Å². The van der Waals surface area contributed by atoms with Crippen LogP contribution < -0.4 is 16.0 Å². The molecule has 1 aliphatic carbocycles. The summed E-state index contributed by atoms with van der Waals surface area (Å²) >= 11 is 0. The predicted molar refractivity (Wildman–Crippen MR) is 93.9 cm³/mol. The van der Waals surface area contributed by atoms with Gasteiger partial charge in [-0.2, -0.15) is 0 Å². The predicted octanol–water partition coefficient (Wildman–Crippen LogP) is 2.83. The van der Waals surface area contributed by atoms with Gasteiger partial charge >= 0.3 is 6.03 Å². The van der Waals surface area contributed by atoms with Crippen LogP contribution >= 0.6 is 0 Å². The normalized spacial score (nSPS) is 18.9. The number of carbonyl (C=O) groups is 2. The molecule has 132 valence electrons. The molecule has 1 heterocycles. The highest BCUT2D eigenvalue weighted by atomic mass is 16.3. The highest BCUT2D eigenvalue weighted by molar-refractivity contribution is 5.84. The summed E-state index contributed by atoms with van der Waals surface area (Å²) in [5.74, 6) is 0.916. The summed E-state index contributed by atoms with van der Waals surface area (Å²) in [6.45, 7) is 2.44. The van der Waals surface area contributed by atoms with E-state index in [4.69, 9.17) is 4.42 Å². The van der Waals surface area contributed by atoms with E-state index < -0.39 is 0 Å². The number of carbonyl (C=O) groups excluding carboxylic acids is 2. The standard InChI is InChI=1S/C19H23N3O3/c1-13-8-9-17(16-7-3-2-6-15(13)16)22-19(24)21-12-18(23)20-11-14-5-4-10-25-14/h2-7,10,13,17H,8-9,11-12H2,1H3,(H,20,23)(H2,21,22,24)/t13-,17+/m1/s1. The van der Waals surface area contributed by atoms with Gasteiger partial charge in [0.2, 0.25) is 5.91 Å². The van der Waals surface area contributed by atoms with Gasteiger partial charge in [0.1, 0.15) is 5.76 Å². The van der Waals surface area contributed by atoms with E-state index in [0.29, 0.717) is 18.2 Å². The number of furan rings is 1. The smallest absolute Gasteiger partial charge is 0.315 e. The van der Waals surface area contributed by atoms with Crippen molar-refractivity contribution in [3.63, 3.8) is 0 Å². The van der Waals surface area contributed by atoms with Crippen LogP contribution in [0.15, 0.2) is 47.1 Å². The third-order valence-electron chi connectivity index (χ3n) is 4.55. The Labute approximate surface area is 147 Å². The van der Waals surface area contributed by atoms with Gasteiger partial charge in [0, 0.05) is 0 Å². The number of urea groups is 1. The number of hydrogen-bond donors (Lipinski definition) is 3. The molecule has 3 rings (SSSR count). The van der Waals surface area contributed by atoms with E-state index in [-0.39, 0.29) is 24.5 Å². The molecule has 6 heteroatoms. The highest BCUT2D eigenvalue weighted by Gasteiger charge is 2.25. The number of rotatable bonds is 5. The maximum Gasteiger partial charge on any atom is 0.315 e. The second kappa shape index (κ2) is 7.88. The van der Waals surface area contributed by atoms with Crippen LogP contribution in [0.1, 0.15) is 48.6 Å². The quantitative estimate of drug-likeness (QED) is 0.782. The molecule has 0 saturated heterocycles. The molecule has 2 atom stereocenters. The fraction of sp³-hybridized carbons (Fsp3) is 0.368. The fourth-order valence-corrected chi connectivity index (χ4v) is 3.19. The van der Waals surface area contributed by atoms with Crippen molar-refractivity contribution in [2.24, 2.45) is 0 Å². The first-order valence-electron chi connectivity index (χ1n) is 8.55. The maximum atomic E-state index is 12.1. The van der Waals surface area contributed by atoms with Gasteiger partial charge in [0.15, 0.2) is 0 Å². The van der Waals surface area contributed by atoms with Gasteiger partial charge in [-0.1, -0.05) is 31.2 Å². The molecule has 3 amide bonds. The Bertz CT molecular complexity index is 727. The monoisotopic (exact) mass is 341 g/mol. The fourth-order valence-electron chi connectivity index (χ4n) is 3.19. The molecule has 0 bridgehead atoms. The van der Waals surface area contributed by atoms with Gasteiger partial charge in [-0.15, -0.1) is 0 Å². The summed E-state index contributed by atoms with van der Waals surface area (Å²) in [6, 6.07) is 11.4. The van der Waals surface area contributed by atoms with Crippen LogP contribution in [-0.4, -0.2) is 18.5 Å². The molecule has 1 aromatic heterocycles. The average molecular weight is 341 g/mol. The Hall–Kier alpha value is -2.76. The minimum Gasteiger partial charge on any atom is -0.467 e. The van der Waals surface area contributed by atoms with Crippen LogP contribution in [0.3, 0.4) is 0 Å². The largest absolute Gasteiger partial charge is 0.467 e. The number of nitrogens with one attached hydrogen (secondary N) is 3. The Morgan fingerprint density at radius 2 is 1.88 bits per heavy atom. The molecule has 0 spiro atoms. The molecule has 0 saturated carbocycles. The number of fused-ring (bicyclic) bond motifs is 1. The van der Waals surface area contributed by atoms with Crippen molar-refractivity contribution < 1.29 is 14.0 Å². The van der Waals surface area contributed by atoms with Crippen LogP contribution in [0.25, 0.3) is 0 Å². The summed E-state index contributed by atoms with van der Waals surface area (Å²) in [5, 5.41) is 8.27. The second-order valence-corrected chi connectivity index (χ2v) is 6.34. The van der Waals surface area contributed by atoms with Crippen molar-refractivity contribution in [2.45, 2.75) is 38.3 Å². The van der Waals surface area contributed by atoms with Crippen molar-refractivity contribution in [1.29, 1.82) is 0 Å². The van der Waals surface area contributed by atoms with E-state index in [0.717, 1.165) is 12.8 Å². The van der Waals surface area contributed by atoms with Gasteiger partial charge in [-0.05, 0) is 42.0 Å². The Morgan fingerprint density at radius 1 is 1.08 bits per heavy atom. The number of hydrogen-bond acceptors (Lipinski definition) is 3. The zero-order chi connectivity index (χ0) is 17.6. The van der Waals surface area contributed by atoms with Crippen LogP contribution in [0, 0.1) is 0 Å². The van der Waals surface area contributed by atoms with Crippen molar-refractivity contribution in [3.05, 3.63) is 59.5 Å². The lowest BCUT2D eigenvalue weighted by Gasteiger charge is -2.30. The molecular weight excluding hydrogens is 318 g/mol. The Balaban J connectivity index is 1.46. The molecule has 1 aliphatic rings. The van der Waals surface area contributed by atoms with E-state index >= 15 is 0 Å². The minimum atomic E-state index is -0.331. The van der Waals surface area contributed by atoms with E-state index in [2.05, 4.69) is 35.0 Å². The van der Waals surface area contributed by atoms with Crippen molar-refractivity contribution in [2.75, 3.05) is 6.54 Å². The zero-order valence-corrected chi connectivity index (χ0v) is 14.2. The Morgan fingerprint density at radius 3 is 2.64 bits per heavy atom.